The number of carbonyl (C=O) groups is 3. The number of nitrogens with one attached hydrogen (secondary N) is 1. The van der Waals surface area contributed by atoms with Crippen molar-refractivity contribution in [3.63, 3.8) is 0 Å². The van der Waals surface area contributed by atoms with Crippen LogP contribution in [0.3, 0.4) is 0 Å². The van der Waals surface area contributed by atoms with E-state index in [1.807, 2.05) is 6.92 Å². The van der Waals surface area contributed by atoms with Gasteiger partial charge in [0.1, 0.15) is 11.8 Å². The molecule has 1 aromatic carbocycles. The van der Waals surface area contributed by atoms with Crippen LogP contribution >= 0.6 is 0 Å². The normalized spacial score (nSPS) is 13.1. The molecule has 0 bridgehead atoms. The van der Waals surface area contributed by atoms with Crippen molar-refractivity contribution in [3.05, 3.63) is 47.7 Å². The SMILES string of the molecule is CCC(C)C(NC(=O)c1ccc(-c2ccc(C(C)=O)cc2)o1)C(=O)O. The maximum Gasteiger partial charge on any atom is 0.326 e. The first-order chi connectivity index (χ1) is 11.8. The number of furan rings is 1. The Kier molecular flexibility index (Phi) is 5.75. The van der Waals surface area contributed by atoms with Crippen molar-refractivity contribution in [3.8, 4) is 11.3 Å². The summed E-state index contributed by atoms with van der Waals surface area (Å²) in [6, 6.07) is 9.00. The van der Waals surface area contributed by atoms with Crippen molar-refractivity contribution in [1.29, 1.82) is 0 Å². The predicted molar refractivity (Wildman–Crippen MR) is 92.5 cm³/mol. The van der Waals surface area contributed by atoms with Crippen molar-refractivity contribution in [1.82, 2.24) is 5.32 Å². The van der Waals surface area contributed by atoms with Gasteiger partial charge in [0.05, 0.1) is 0 Å². The number of benzene rings is 1. The van der Waals surface area contributed by atoms with E-state index in [9.17, 15) is 19.5 Å². The van der Waals surface area contributed by atoms with Crippen LogP contribution < -0.4 is 5.32 Å². The molecule has 132 valence electrons. The summed E-state index contributed by atoms with van der Waals surface area (Å²) in [6.07, 6.45) is 0.628. The Hall–Kier alpha value is -2.89. The fourth-order valence-electron chi connectivity index (χ4n) is 2.38. The number of hydrogen-bond acceptors (Lipinski definition) is 4. The van der Waals surface area contributed by atoms with Gasteiger partial charge in [0.2, 0.25) is 0 Å². The second-order valence-corrected chi connectivity index (χ2v) is 5.97. The second-order valence-electron chi connectivity index (χ2n) is 5.97. The predicted octanol–water partition coefficient (Wildman–Crippen LogP) is 3.38. The number of carbonyl (C=O) groups excluding carboxylic acids is 2. The molecule has 1 aromatic heterocycles. The number of rotatable bonds is 7. The first kappa shape index (κ1) is 18.4. The fraction of sp³-hybridized carbons (Fsp3) is 0.316. The molecule has 2 aromatic rings. The molecule has 6 heteroatoms. The van der Waals surface area contributed by atoms with Crippen molar-refractivity contribution in [2.24, 2.45) is 5.92 Å². The monoisotopic (exact) mass is 343 g/mol. The summed E-state index contributed by atoms with van der Waals surface area (Å²) in [5, 5.41) is 11.7. The van der Waals surface area contributed by atoms with E-state index in [0.717, 1.165) is 5.56 Å². The highest BCUT2D eigenvalue weighted by Crippen LogP contribution is 2.23. The molecule has 1 amide bonds. The molecule has 0 radical (unpaired) electrons. The zero-order chi connectivity index (χ0) is 18.6. The lowest BCUT2D eigenvalue weighted by molar-refractivity contribution is -0.140. The first-order valence-electron chi connectivity index (χ1n) is 8.08. The van der Waals surface area contributed by atoms with Crippen LogP contribution in [0.4, 0.5) is 0 Å². The largest absolute Gasteiger partial charge is 0.480 e. The minimum atomic E-state index is -1.07. The van der Waals surface area contributed by atoms with Crippen LogP contribution in [0, 0.1) is 5.92 Å². The zero-order valence-corrected chi connectivity index (χ0v) is 14.4. The van der Waals surface area contributed by atoms with E-state index in [-0.39, 0.29) is 17.5 Å². The van der Waals surface area contributed by atoms with E-state index >= 15 is 0 Å². The van der Waals surface area contributed by atoms with Gasteiger partial charge in [-0.05, 0) is 25.0 Å². The minimum Gasteiger partial charge on any atom is -0.480 e. The minimum absolute atomic E-state index is 0.0316. The van der Waals surface area contributed by atoms with Gasteiger partial charge in [0.25, 0.3) is 5.91 Å². The van der Waals surface area contributed by atoms with Gasteiger partial charge in [0, 0.05) is 11.1 Å². The quantitative estimate of drug-likeness (QED) is 0.751. The third kappa shape index (κ3) is 4.35. The van der Waals surface area contributed by atoms with E-state index < -0.39 is 17.9 Å². The van der Waals surface area contributed by atoms with E-state index in [2.05, 4.69) is 5.32 Å². The molecular weight excluding hydrogens is 322 g/mol. The lowest BCUT2D eigenvalue weighted by Gasteiger charge is -2.19. The molecule has 2 atom stereocenters. The molecule has 2 N–H and O–H groups in total. The molecule has 0 saturated carbocycles. The molecule has 0 aliphatic carbocycles. The average Bonchev–Trinajstić information content (AvgIpc) is 3.08. The Morgan fingerprint density at radius 1 is 1.12 bits per heavy atom. The van der Waals surface area contributed by atoms with Crippen LogP contribution in [0.25, 0.3) is 11.3 Å². The van der Waals surface area contributed by atoms with Gasteiger partial charge in [0.15, 0.2) is 11.5 Å². The van der Waals surface area contributed by atoms with Gasteiger partial charge in [-0.15, -0.1) is 0 Å². The standard InChI is InChI=1S/C19H21NO5/c1-4-11(2)17(19(23)24)20-18(22)16-10-9-15(25-16)14-7-5-13(6-8-14)12(3)21/h5-11,17H,4H2,1-3H3,(H,20,22)(H,23,24). The van der Waals surface area contributed by atoms with E-state index in [4.69, 9.17) is 4.42 Å². The molecule has 0 aliphatic rings. The van der Waals surface area contributed by atoms with Gasteiger partial charge in [-0.3, -0.25) is 9.59 Å². The Morgan fingerprint density at radius 2 is 1.76 bits per heavy atom. The van der Waals surface area contributed by atoms with E-state index in [1.54, 1.807) is 37.3 Å². The smallest absolute Gasteiger partial charge is 0.326 e. The van der Waals surface area contributed by atoms with Crippen LogP contribution in [-0.2, 0) is 4.79 Å². The highest BCUT2D eigenvalue weighted by molar-refractivity contribution is 5.95. The number of hydrogen-bond donors (Lipinski definition) is 2. The van der Waals surface area contributed by atoms with Crippen LogP contribution in [0.15, 0.2) is 40.8 Å². The van der Waals surface area contributed by atoms with Gasteiger partial charge in [-0.25, -0.2) is 4.79 Å². The van der Waals surface area contributed by atoms with Crippen LogP contribution in [0.1, 0.15) is 48.1 Å². The molecular formula is C19H21NO5. The number of amides is 1. The maximum atomic E-state index is 12.3. The van der Waals surface area contributed by atoms with Crippen molar-refractivity contribution >= 4 is 17.7 Å². The first-order valence-corrected chi connectivity index (χ1v) is 8.08. The molecule has 0 aliphatic heterocycles. The van der Waals surface area contributed by atoms with E-state index in [0.29, 0.717) is 17.7 Å². The molecule has 0 fully saturated rings. The highest BCUT2D eigenvalue weighted by Gasteiger charge is 2.26. The van der Waals surface area contributed by atoms with Gasteiger partial charge in [-0.2, -0.15) is 0 Å². The van der Waals surface area contributed by atoms with Gasteiger partial charge >= 0.3 is 5.97 Å². The van der Waals surface area contributed by atoms with Crippen LogP contribution in [0.5, 0.6) is 0 Å². The van der Waals surface area contributed by atoms with Crippen molar-refractivity contribution in [2.75, 3.05) is 0 Å². The van der Waals surface area contributed by atoms with Crippen molar-refractivity contribution in [2.45, 2.75) is 33.2 Å². The summed E-state index contributed by atoms with van der Waals surface area (Å²) in [5.41, 5.74) is 1.31. The van der Waals surface area contributed by atoms with E-state index in [1.165, 1.54) is 13.0 Å². The summed E-state index contributed by atoms with van der Waals surface area (Å²) < 4.78 is 5.54. The lowest BCUT2D eigenvalue weighted by atomic mass is 9.99. The Morgan fingerprint density at radius 3 is 2.28 bits per heavy atom. The third-order valence-electron chi connectivity index (χ3n) is 4.17. The summed E-state index contributed by atoms with van der Waals surface area (Å²) in [6.45, 7) is 5.12. The van der Waals surface area contributed by atoms with Crippen LogP contribution in [-0.4, -0.2) is 28.8 Å². The molecule has 0 spiro atoms. The topological polar surface area (TPSA) is 96.6 Å². The fourth-order valence-corrected chi connectivity index (χ4v) is 2.38. The van der Waals surface area contributed by atoms with Crippen molar-refractivity contribution < 1.29 is 23.9 Å². The molecule has 6 nitrogen and oxygen atoms in total. The summed E-state index contributed by atoms with van der Waals surface area (Å²) >= 11 is 0. The van der Waals surface area contributed by atoms with Gasteiger partial charge < -0.3 is 14.8 Å². The Labute approximate surface area is 145 Å². The highest BCUT2D eigenvalue weighted by atomic mass is 16.4. The van der Waals surface area contributed by atoms with Crippen LogP contribution in [0.2, 0.25) is 0 Å². The number of ketones is 1. The number of carboxylic acid groups (broad SMARTS) is 1. The molecule has 2 unspecified atom stereocenters. The number of Topliss-reactive ketones (excluding diaryl/α,β-unsaturated/α-hetero) is 1. The Balaban J connectivity index is 2.15. The summed E-state index contributed by atoms with van der Waals surface area (Å²) in [7, 11) is 0. The summed E-state index contributed by atoms with van der Waals surface area (Å²) in [4.78, 5) is 34.9. The average molecular weight is 343 g/mol. The summed E-state index contributed by atoms with van der Waals surface area (Å²) in [5.74, 6) is -1.37. The zero-order valence-electron chi connectivity index (χ0n) is 14.4. The molecule has 1 heterocycles. The Bertz CT molecular complexity index is 775. The molecule has 0 saturated heterocycles. The maximum absolute atomic E-state index is 12.3. The second kappa shape index (κ2) is 7.79. The molecule has 25 heavy (non-hydrogen) atoms. The number of carboxylic acids is 1. The number of aliphatic carboxylic acids is 1. The lowest BCUT2D eigenvalue weighted by Crippen LogP contribution is -2.44. The molecule has 2 rings (SSSR count). The van der Waals surface area contributed by atoms with Gasteiger partial charge in [-0.1, -0.05) is 44.5 Å². The third-order valence-corrected chi connectivity index (χ3v) is 4.17.